The predicted molar refractivity (Wildman–Crippen MR) is 118 cm³/mol. The summed E-state index contributed by atoms with van der Waals surface area (Å²) in [5.41, 5.74) is 0.806. The molecule has 2 aromatic rings. The molecule has 0 aliphatic carbocycles. The lowest BCUT2D eigenvalue weighted by molar-refractivity contribution is -0.117. The summed E-state index contributed by atoms with van der Waals surface area (Å²) in [6, 6.07) is 11.1. The summed E-state index contributed by atoms with van der Waals surface area (Å²) in [6.07, 6.45) is 1.73. The van der Waals surface area contributed by atoms with Gasteiger partial charge in [-0.05, 0) is 68.8 Å². The van der Waals surface area contributed by atoms with Crippen molar-refractivity contribution in [1.82, 2.24) is 4.72 Å². The minimum atomic E-state index is -3.89. The fourth-order valence-electron chi connectivity index (χ4n) is 2.57. The van der Waals surface area contributed by atoms with Crippen molar-refractivity contribution in [3.63, 3.8) is 0 Å². The Morgan fingerprint density at radius 2 is 1.65 bits per heavy atom. The molecular formula is C22H28N2O6S. The lowest BCUT2D eigenvalue weighted by atomic mass is 10.2. The van der Waals surface area contributed by atoms with Crippen LogP contribution in [0.15, 0.2) is 53.4 Å². The third kappa shape index (κ3) is 7.37. The van der Waals surface area contributed by atoms with E-state index in [2.05, 4.69) is 10.0 Å². The van der Waals surface area contributed by atoms with Gasteiger partial charge in [0.1, 0.15) is 5.75 Å². The number of rotatable bonds is 11. The summed E-state index contributed by atoms with van der Waals surface area (Å²) in [6.45, 7) is 6.12. The predicted octanol–water partition coefficient (Wildman–Crippen LogP) is 3.35. The van der Waals surface area contributed by atoms with Gasteiger partial charge in [0, 0.05) is 5.69 Å². The summed E-state index contributed by atoms with van der Waals surface area (Å²) in [4.78, 5) is 24.3. The van der Waals surface area contributed by atoms with E-state index in [1.54, 1.807) is 36.4 Å². The molecule has 1 amide bonds. The molecule has 2 aromatic carbocycles. The molecule has 8 nitrogen and oxygen atoms in total. The molecule has 0 bridgehead atoms. The van der Waals surface area contributed by atoms with E-state index in [1.165, 1.54) is 19.1 Å². The second kappa shape index (κ2) is 11.5. The molecule has 0 aromatic heterocycles. The highest BCUT2D eigenvalue weighted by Crippen LogP contribution is 2.17. The third-order valence-electron chi connectivity index (χ3n) is 4.29. The standard InChI is InChI=1S/C22H28N2O6S/c1-4-6-15-30-22(26)17-7-9-18(10-8-17)23-21(25)16(3)24-31(27,28)20-13-11-19(12-14-20)29-5-2/h7-14,16,24H,4-6,15H2,1-3H3,(H,23,25)/t16-/m1/s1. The van der Waals surface area contributed by atoms with Gasteiger partial charge in [0.05, 0.1) is 29.7 Å². The number of unbranched alkanes of at least 4 members (excludes halogenated alkanes) is 1. The first-order valence-corrected chi connectivity index (χ1v) is 11.6. The van der Waals surface area contributed by atoms with Crippen molar-refractivity contribution < 1.29 is 27.5 Å². The van der Waals surface area contributed by atoms with Gasteiger partial charge in [-0.15, -0.1) is 0 Å². The van der Waals surface area contributed by atoms with Crippen LogP contribution in [0.1, 0.15) is 44.0 Å². The van der Waals surface area contributed by atoms with E-state index >= 15 is 0 Å². The summed E-state index contributed by atoms with van der Waals surface area (Å²) >= 11 is 0. The molecule has 0 saturated carbocycles. The Morgan fingerprint density at radius 1 is 1.00 bits per heavy atom. The van der Waals surface area contributed by atoms with Crippen molar-refractivity contribution in [3.8, 4) is 5.75 Å². The Bertz CT molecular complexity index is 972. The molecular weight excluding hydrogens is 420 g/mol. The SMILES string of the molecule is CCCCOC(=O)c1ccc(NC(=O)[C@@H](C)NS(=O)(=O)c2ccc(OCC)cc2)cc1. The van der Waals surface area contributed by atoms with Crippen LogP contribution in [0.25, 0.3) is 0 Å². The van der Waals surface area contributed by atoms with Gasteiger partial charge in [-0.2, -0.15) is 4.72 Å². The van der Waals surface area contributed by atoms with E-state index < -0.39 is 27.9 Å². The Morgan fingerprint density at radius 3 is 2.23 bits per heavy atom. The van der Waals surface area contributed by atoms with Crippen molar-refractivity contribution in [1.29, 1.82) is 0 Å². The van der Waals surface area contributed by atoms with E-state index in [9.17, 15) is 18.0 Å². The van der Waals surface area contributed by atoms with Crippen molar-refractivity contribution in [2.45, 2.75) is 44.6 Å². The number of anilines is 1. The molecule has 2 N–H and O–H groups in total. The van der Waals surface area contributed by atoms with Crippen LogP contribution < -0.4 is 14.8 Å². The molecule has 0 radical (unpaired) electrons. The van der Waals surface area contributed by atoms with Crippen LogP contribution in [-0.4, -0.2) is 39.5 Å². The molecule has 0 spiro atoms. The largest absolute Gasteiger partial charge is 0.494 e. The van der Waals surface area contributed by atoms with E-state index in [1.807, 2.05) is 13.8 Å². The summed E-state index contributed by atoms with van der Waals surface area (Å²) in [7, 11) is -3.89. The zero-order chi connectivity index (χ0) is 22.9. The zero-order valence-corrected chi connectivity index (χ0v) is 18.7. The Kier molecular flexibility index (Phi) is 9.02. The van der Waals surface area contributed by atoms with Gasteiger partial charge in [-0.3, -0.25) is 4.79 Å². The number of esters is 1. The van der Waals surface area contributed by atoms with Crippen LogP contribution in [0.4, 0.5) is 5.69 Å². The van der Waals surface area contributed by atoms with Gasteiger partial charge < -0.3 is 14.8 Å². The van der Waals surface area contributed by atoms with Gasteiger partial charge in [0.15, 0.2) is 0 Å². The number of carbonyl (C=O) groups is 2. The van der Waals surface area contributed by atoms with Crippen molar-refractivity contribution >= 4 is 27.6 Å². The molecule has 0 unspecified atom stereocenters. The molecule has 168 valence electrons. The van der Waals surface area contributed by atoms with E-state index in [0.717, 1.165) is 12.8 Å². The Balaban J connectivity index is 1.94. The molecule has 2 rings (SSSR count). The maximum Gasteiger partial charge on any atom is 0.338 e. The summed E-state index contributed by atoms with van der Waals surface area (Å²) in [5, 5.41) is 2.62. The number of sulfonamides is 1. The quantitative estimate of drug-likeness (QED) is 0.403. The maximum atomic E-state index is 12.5. The van der Waals surface area contributed by atoms with Crippen LogP contribution in [0.2, 0.25) is 0 Å². The van der Waals surface area contributed by atoms with Gasteiger partial charge >= 0.3 is 5.97 Å². The lowest BCUT2D eigenvalue weighted by Crippen LogP contribution is -2.41. The minimum absolute atomic E-state index is 0.0292. The number of ether oxygens (including phenoxy) is 2. The van der Waals surface area contributed by atoms with Crippen LogP contribution >= 0.6 is 0 Å². The molecule has 0 aliphatic rings. The van der Waals surface area contributed by atoms with Gasteiger partial charge in [-0.1, -0.05) is 13.3 Å². The average molecular weight is 449 g/mol. The average Bonchev–Trinajstić information content (AvgIpc) is 2.74. The fourth-order valence-corrected chi connectivity index (χ4v) is 3.77. The normalized spacial score (nSPS) is 12.1. The number of benzene rings is 2. The topological polar surface area (TPSA) is 111 Å². The number of hydrogen-bond acceptors (Lipinski definition) is 6. The lowest BCUT2D eigenvalue weighted by Gasteiger charge is -2.15. The second-order valence-corrected chi connectivity index (χ2v) is 8.52. The van der Waals surface area contributed by atoms with E-state index in [-0.39, 0.29) is 4.90 Å². The fraction of sp³-hybridized carbons (Fsp3) is 0.364. The summed E-state index contributed by atoms with van der Waals surface area (Å²) < 4.78 is 37.8. The Hall–Kier alpha value is -2.91. The van der Waals surface area contributed by atoms with Crippen LogP contribution in [0.3, 0.4) is 0 Å². The minimum Gasteiger partial charge on any atom is -0.494 e. The monoisotopic (exact) mass is 448 g/mol. The number of hydrogen-bond donors (Lipinski definition) is 2. The first-order chi connectivity index (χ1) is 14.8. The third-order valence-corrected chi connectivity index (χ3v) is 5.85. The molecule has 9 heteroatoms. The molecule has 0 fully saturated rings. The Labute approximate surface area is 183 Å². The van der Waals surface area contributed by atoms with Crippen LogP contribution in [0, 0.1) is 0 Å². The highest BCUT2D eigenvalue weighted by atomic mass is 32.2. The summed E-state index contributed by atoms with van der Waals surface area (Å²) in [5.74, 6) is -0.402. The van der Waals surface area contributed by atoms with Gasteiger partial charge in [0.2, 0.25) is 15.9 Å². The number of amides is 1. The van der Waals surface area contributed by atoms with Crippen molar-refractivity contribution in [2.75, 3.05) is 18.5 Å². The molecule has 31 heavy (non-hydrogen) atoms. The maximum absolute atomic E-state index is 12.5. The first-order valence-electron chi connectivity index (χ1n) is 10.1. The number of carbonyl (C=O) groups excluding carboxylic acids is 2. The molecule has 1 atom stereocenters. The van der Waals surface area contributed by atoms with Gasteiger partial charge in [-0.25, -0.2) is 13.2 Å². The number of nitrogens with one attached hydrogen (secondary N) is 2. The van der Waals surface area contributed by atoms with Crippen LogP contribution in [-0.2, 0) is 19.6 Å². The second-order valence-electron chi connectivity index (χ2n) is 6.80. The highest BCUT2D eigenvalue weighted by Gasteiger charge is 2.22. The van der Waals surface area contributed by atoms with Gasteiger partial charge in [0.25, 0.3) is 0 Å². The smallest absolute Gasteiger partial charge is 0.338 e. The van der Waals surface area contributed by atoms with Crippen LogP contribution in [0.5, 0.6) is 5.75 Å². The first kappa shape index (κ1) is 24.4. The van der Waals surface area contributed by atoms with Crippen molar-refractivity contribution in [3.05, 3.63) is 54.1 Å². The molecule has 0 aliphatic heterocycles. The van der Waals surface area contributed by atoms with E-state index in [4.69, 9.17) is 9.47 Å². The highest BCUT2D eigenvalue weighted by molar-refractivity contribution is 7.89. The van der Waals surface area contributed by atoms with Crippen molar-refractivity contribution in [2.24, 2.45) is 0 Å². The molecule has 0 saturated heterocycles. The molecule has 0 heterocycles. The zero-order valence-electron chi connectivity index (χ0n) is 17.9. The van der Waals surface area contributed by atoms with E-state index in [0.29, 0.717) is 30.2 Å².